The van der Waals surface area contributed by atoms with Crippen LogP contribution in [-0.4, -0.2) is 51.7 Å². The van der Waals surface area contributed by atoms with Gasteiger partial charge in [-0.25, -0.2) is 0 Å². The van der Waals surface area contributed by atoms with Crippen molar-refractivity contribution in [2.45, 2.75) is 38.4 Å². The number of carboxylic acid groups (broad SMARTS) is 1. The Bertz CT molecular complexity index is 834. The minimum Gasteiger partial charge on any atom is -0.480 e. The summed E-state index contributed by atoms with van der Waals surface area (Å²) >= 11 is 0. The first-order valence-corrected chi connectivity index (χ1v) is 8.10. The third-order valence-electron chi connectivity index (χ3n) is 4.54. The molecule has 1 saturated heterocycles. The van der Waals surface area contributed by atoms with E-state index in [1.807, 2.05) is 0 Å². The highest BCUT2D eigenvalue weighted by atomic mass is 16.4. The Kier molecular flexibility index (Phi) is 4.45. The van der Waals surface area contributed by atoms with Crippen LogP contribution in [0.4, 0.5) is 0 Å². The summed E-state index contributed by atoms with van der Waals surface area (Å²) in [5.74, 6) is -3.08. The second kappa shape index (κ2) is 6.58. The Balaban J connectivity index is 1.86. The van der Waals surface area contributed by atoms with Gasteiger partial charge in [0.05, 0.1) is 0 Å². The minimum absolute atomic E-state index is 0.0471. The highest BCUT2D eigenvalue weighted by Crippen LogP contribution is 2.29. The van der Waals surface area contributed by atoms with E-state index in [1.165, 1.54) is 24.0 Å². The molecule has 3 N–H and O–H groups in total. The SMILES string of the molecule is C[C@@H](NC(=O)c1cccc2c1CN(C1CCC(=O)NC1=O)C2=O)C(=O)O. The summed E-state index contributed by atoms with van der Waals surface area (Å²) in [4.78, 5) is 60.7. The zero-order chi connectivity index (χ0) is 19.0. The number of benzene rings is 1. The summed E-state index contributed by atoms with van der Waals surface area (Å²) in [5, 5.41) is 13.5. The molecule has 1 unspecified atom stereocenters. The van der Waals surface area contributed by atoms with Crippen molar-refractivity contribution >= 4 is 29.6 Å². The number of nitrogens with zero attached hydrogens (tertiary/aromatic N) is 1. The van der Waals surface area contributed by atoms with Gasteiger partial charge < -0.3 is 15.3 Å². The lowest BCUT2D eigenvalue weighted by atomic mass is 10.0. The largest absolute Gasteiger partial charge is 0.480 e. The lowest BCUT2D eigenvalue weighted by molar-refractivity contribution is -0.139. The van der Waals surface area contributed by atoms with E-state index in [-0.39, 0.29) is 30.9 Å². The summed E-state index contributed by atoms with van der Waals surface area (Å²) in [6.07, 6.45) is 0.363. The molecule has 0 bridgehead atoms. The van der Waals surface area contributed by atoms with Crippen LogP contribution in [0, 0.1) is 0 Å². The van der Waals surface area contributed by atoms with Crippen molar-refractivity contribution in [1.82, 2.24) is 15.5 Å². The van der Waals surface area contributed by atoms with Crippen LogP contribution in [0.3, 0.4) is 0 Å². The second-order valence-corrected chi connectivity index (χ2v) is 6.27. The summed E-state index contributed by atoms with van der Waals surface area (Å²) in [6, 6.07) is 2.74. The average Bonchev–Trinajstić information content (AvgIpc) is 2.91. The number of fused-ring (bicyclic) bond motifs is 1. The van der Waals surface area contributed by atoms with Crippen LogP contribution in [-0.2, 0) is 20.9 Å². The Morgan fingerprint density at radius 2 is 2.04 bits per heavy atom. The molecule has 2 atom stereocenters. The summed E-state index contributed by atoms with van der Waals surface area (Å²) in [5.41, 5.74) is 0.932. The van der Waals surface area contributed by atoms with E-state index in [1.54, 1.807) is 6.07 Å². The highest BCUT2D eigenvalue weighted by Gasteiger charge is 2.40. The number of carbonyl (C=O) groups excluding carboxylic acids is 4. The first kappa shape index (κ1) is 17.6. The van der Waals surface area contributed by atoms with Crippen LogP contribution in [0.15, 0.2) is 18.2 Å². The molecular weight excluding hydrogens is 342 g/mol. The maximum absolute atomic E-state index is 12.7. The predicted molar refractivity (Wildman–Crippen MR) is 87.1 cm³/mol. The Morgan fingerprint density at radius 3 is 2.69 bits per heavy atom. The van der Waals surface area contributed by atoms with Gasteiger partial charge in [-0.15, -0.1) is 0 Å². The Labute approximate surface area is 148 Å². The standard InChI is InChI=1S/C17H17N3O6/c1-8(17(25)26)18-14(22)9-3-2-4-10-11(9)7-20(16(10)24)12-5-6-13(21)19-15(12)23/h2-4,8,12H,5-7H2,1H3,(H,18,22)(H,25,26)(H,19,21,23)/t8-,12?/m1/s1. The van der Waals surface area contributed by atoms with Crippen LogP contribution in [0.1, 0.15) is 46.0 Å². The fraction of sp³-hybridized carbons (Fsp3) is 0.353. The van der Waals surface area contributed by atoms with E-state index in [0.29, 0.717) is 11.1 Å². The molecule has 9 heteroatoms. The van der Waals surface area contributed by atoms with E-state index in [4.69, 9.17) is 5.11 Å². The fourth-order valence-electron chi connectivity index (χ4n) is 3.13. The van der Waals surface area contributed by atoms with Crippen LogP contribution < -0.4 is 10.6 Å². The molecule has 0 aliphatic carbocycles. The smallest absolute Gasteiger partial charge is 0.325 e. The number of hydrogen-bond acceptors (Lipinski definition) is 5. The highest BCUT2D eigenvalue weighted by molar-refractivity contribution is 6.08. The second-order valence-electron chi connectivity index (χ2n) is 6.27. The van der Waals surface area contributed by atoms with Crippen molar-refractivity contribution in [1.29, 1.82) is 0 Å². The van der Waals surface area contributed by atoms with Gasteiger partial charge in [0.2, 0.25) is 11.8 Å². The first-order chi connectivity index (χ1) is 12.3. The van der Waals surface area contributed by atoms with Gasteiger partial charge in [-0.3, -0.25) is 29.3 Å². The van der Waals surface area contributed by atoms with Crippen LogP contribution in [0.25, 0.3) is 0 Å². The molecule has 9 nitrogen and oxygen atoms in total. The van der Waals surface area contributed by atoms with Gasteiger partial charge in [0.15, 0.2) is 0 Å². The fourth-order valence-corrected chi connectivity index (χ4v) is 3.13. The van der Waals surface area contributed by atoms with Crippen LogP contribution >= 0.6 is 0 Å². The van der Waals surface area contributed by atoms with Crippen LogP contribution in [0.5, 0.6) is 0 Å². The number of imide groups is 1. The monoisotopic (exact) mass is 359 g/mol. The topological polar surface area (TPSA) is 133 Å². The summed E-state index contributed by atoms with van der Waals surface area (Å²) < 4.78 is 0. The molecule has 0 radical (unpaired) electrons. The Hall–Kier alpha value is -3.23. The predicted octanol–water partition coefficient (Wildman–Crippen LogP) is -0.349. The van der Waals surface area contributed by atoms with E-state index in [9.17, 15) is 24.0 Å². The van der Waals surface area contributed by atoms with E-state index < -0.39 is 35.8 Å². The molecule has 0 saturated carbocycles. The molecule has 0 spiro atoms. The number of nitrogens with one attached hydrogen (secondary N) is 2. The summed E-state index contributed by atoms with van der Waals surface area (Å²) in [7, 11) is 0. The lowest BCUT2D eigenvalue weighted by Gasteiger charge is -2.29. The van der Waals surface area contributed by atoms with E-state index >= 15 is 0 Å². The van der Waals surface area contributed by atoms with Crippen molar-refractivity contribution < 1.29 is 29.1 Å². The molecule has 26 heavy (non-hydrogen) atoms. The number of rotatable bonds is 4. The molecule has 2 heterocycles. The van der Waals surface area contributed by atoms with E-state index in [0.717, 1.165) is 0 Å². The number of carbonyl (C=O) groups is 5. The zero-order valence-corrected chi connectivity index (χ0v) is 13.9. The molecular formula is C17H17N3O6. The van der Waals surface area contributed by atoms with Crippen molar-refractivity contribution in [3.8, 4) is 0 Å². The van der Waals surface area contributed by atoms with Gasteiger partial charge >= 0.3 is 5.97 Å². The normalized spacial score (nSPS) is 20.4. The molecule has 1 fully saturated rings. The summed E-state index contributed by atoms with van der Waals surface area (Å²) in [6.45, 7) is 1.38. The molecule has 1 aromatic carbocycles. The van der Waals surface area contributed by atoms with Gasteiger partial charge in [-0.2, -0.15) is 0 Å². The number of piperidine rings is 1. The van der Waals surface area contributed by atoms with Gasteiger partial charge in [0.1, 0.15) is 12.1 Å². The Morgan fingerprint density at radius 1 is 1.31 bits per heavy atom. The number of aliphatic carboxylic acids is 1. The van der Waals surface area contributed by atoms with Gasteiger partial charge in [0, 0.05) is 24.1 Å². The van der Waals surface area contributed by atoms with Crippen LogP contribution in [0.2, 0.25) is 0 Å². The number of amides is 4. The molecule has 1 aromatic rings. The maximum Gasteiger partial charge on any atom is 0.325 e. The van der Waals surface area contributed by atoms with Gasteiger partial charge in [-0.1, -0.05) is 6.07 Å². The van der Waals surface area contributed by atoms with E-state index in [2.05, 4.69) is 10.6 Å². The number of hydrogen-bond donors (Lipinski definition) is 3. The first-order valence-electron chi connectivity index (χ1n) is 8.10. The van der Waals surface area contributed by atoms with Gasteiger partial charge in [0.25, 0.3) is 11.8 Å². The average molecular weight is 359 g/mol. The maximum atomic E-state index is 12.7. The lowest BCUT2D eigenvalue weighted by Crippen LogP contribution is -2.52. The zero-order valence-electron chi connectivity index (χ0n) is 13.9. The van der Waals surface area contributed by atoms with Crippen molar-refractivity contribution in [3.63, 3.8) is 0 Å². The third kappa shape index (κ3) is 3.03. The molecule has 3 rings (SSSR count). The number of carboxylic acids is 1. The van der Waals surface area contributed by atoms with Crippen molar-refractivity contribution in [2.24, 2.45) is 0 Å². The molecule has 2 aliphatic heterocycles. The molecule has 136 valence electrons. The third-order valence-corrected chi connectivity index (χ3v) is 4.54. The quantitative estimate of drug-likeness (QED) is 0.630. The molecule has 2 aliphatic rings. The van der Waals surface area contributed by atoms with Crippen molar-refractivity contribution in [3.05, 3.63) is 34.9 Å². The molecule has 0 aromatic heterocycles. The minimum atomic E-state index is -1.17. The molecule has 4 amide bonds. The van der Waals surface area contributed by atoms with Crippen molar-refractivity contribution in [2.75, 3.05) is 0 Å². The van der Waals surface area contributed by atoms with Gasteiger partial charge in [-0.05, 0) is 31.0 Å².